The Bertz CT molecular complexity index is 1260. The second-order valence-electron chi connectivity index (χ2n) is 9.74. The van der Waals surface area contributed by atoms with Gasteiger partial charge in [0, 0.05) is 0 Å². The van der Waals surface area contributed by atoms with E-state index >= 15 is 0 Å². The molecule has 0 aliphatic rings. The average molecular weight is 1050 g/mol. The summed E-state index contributed by atoms with van der Waals surface area (Å²) in [4.78, 5) is 0. The van der Waals surface area contributed by atoms with Crippen molar-refractivity contribution in [2.24, 2.45) is 0 Å². The molecule has 3 unspecified atom stereocenters. The molecule has 0 aliphatic heterocycles. The van der Waals surface area contributed by atoms with E-state index in [1.54, 1.807) is 4.74 Å². The third-order valence-electron chi connectivity index (χ3n) is 4.64. The Morgan fingerprint density at radius 2 is 0.730 bits per heavy atom. The maximum Gasteiger partial charge on any atom is 0.523 e. The van der Waals surface area contributed by atoms with Gasteiger partial charge in [0.2, 0.25) is 6.10 Å². The summed E-state index contributed by atoms with van der Waals surface area (Å²) < 4.78 is 455. The fraction of sp³-hybridized carbons (Fsp3) is 1.00. The molecule has 3 atom stereocenters. The molecule has 0 amide bonds. The van der Waals surface area contributed by atoms with E-state index < -0.39 is 111 Å². The molecule has 0 aliphatic carbocycles. The zero-order chi connectivity index (χ0) is 53.3. The van der Waals surface area contributed by atoms with Crippen LogP contribution >= 0.6 is 0 Å². The van der Waals surface area contributed by atoms with E-state index in [1.807, 2.05) is 0 Å². The zero-order valence-corrected chi connectivity index (χ0v) is 28.1. The van der Waals surface area contributed by atoms with Gasteiger partial charge in [0.05, 0.1) is 6.61 Å². The van der Waals surface area contributed by atoms with Gasteiger partial charge in [-0.15, -0.1) is 26.3 Å². The topological polar surface area (TPSA) is 27.7 Å². The van der Waals surface area contributed by atoms with Gasteiger partial charge >= 0.3 is 85.8 Å². The molecular weight excluding hydrogens is 1040 g/mol. The average Bonchev–Trinajstić information content (AvgIpc) is 2.95. The van der Waals surface area contributed by atoms with Gasteiger partial charge in [0.1, 0.15) is 0 Å². The Morgan fingerprint density at radius 3 is 0.841 bits per heavy atom. The van der Waals surface area contributed by atoms with Crippen LogP contribution in [0.15, 0.2) is 0 Å². The Kier molecular flexibility index (Phi) is 24.3. The number of hydrogen-bond donors (Lipinski definition) is 0. The third-order valence-corrected chi connectivity index (χ3v) is 4.64. The minimum absolute atomic E-state index is 0.285. The molecule has 0 fully saturated rings. The van der Waals surface area contributed by atoms with Crippen LogP contribution in [0.3, 0.4) is 0 Å². The molecule has 0 saturated heterocycles. The van der Waals surface area contributed by atoms with E-state index in [-0.39, 0.29) is 13.5 Å². The summed E-state index contributed by atoms with van der Waals surface area (Å²) in [5.41, 5.74) is 0. The number of rotatable bonds is 8. The van der Waals surface area contributed by atoms with Crippen LogP contribution in [0.2, 0.25) is 0 Å². The highest BCUT2D eigenvalue weighted by Crippen LogP contribution is 2.52. The van der Waals surface area contributed by atoms with Crippen LogP contribution in [0.5, 0.6) is 0 Å². The van der Waals surface area contributed by atoms with Crippen LogP contribution in [0, 0.1) is 0 Å². The molecule has 0 heterocycles. The lowest BCUT2D eigenvalue weighted by Crippen LogP contribution is -2.62. The van der Waals surface area contributed by atoms with Gasteiger partial charge in [0.25, 0.3) is 6.17 Å². The van der Waals surface area contributed by atoms with Gasteiger partial charge < -0.3 is 0 Å². The van der Waals surface area contributed by atoms with E-state index in [1.165, 1.54) is 6.92 Å². The van der Waals surface area contributed by atoms with E-state index in [9.17, 15) is 171 Å². The Labute approximate surface area is 318 Å². The summed E-state index contributed by atoms with van der Waals surface area (Å²) in [6.45, 7) is -1.44. The van der Waals surface area contributed by atoms with E-state index in [4.69, 9.17) is 0 Å². The maximum absolute atomic E-state index is 12.5. The summed E-state index contributed by atoms with van der Waals surface area (Å²) in [5.74, 6) is -26.3. The molecule has 0 N–H and O–H groups in total. The highest BCUT2D eigenvalue weighted by molar-refractivity contribution is 4.94. The Morgan fingerprint density at radius 1 is 0.397 bits per heavy atom. The first-order chi connectivity index (χ1) is 26.5. The lowest BCUT2D eigenvalue weighted by Gasteiger charge is -2.35. The summed E-state index contributed by atoms with van der Waals surface area (Å²) in [5, 5.41) is 0. The maximum atomic E-state index is 12.5. The van der Waals surface area contributed by atoms with Crippen molar-refractivity contribution in [1.82, 2.24) is 0 Å². The van der Waals surface area contributed by atoms with Crippen LogP contribution in [-0.4, -0.2) is 117 Å². The van der Waals surface area contributed by atoms with Crippen molar-refractivity contribution in [2.45, 2.75) is 118 Å². The van der Waals surface area contributed by atoms with E-state index in [0.29, 0.717) is 0 Å². The second kappa shape index (κ2) is 22.1. The summed E-state index contributed by atoms with van der Waals surface area (Å²) in [6.07, 6.45) is -76.3. The molecule has 3 nitrogen and oxygen atoms in total. The molecule has 0 spiro atoms. The number of hydrogen-bond acceptors (Lipinski definition) is 3. The van der Waals surface area contributed by atoms with Gasteiger partial charge in [-0.05, 0) is 13.8 Å². The summed E-state index contributed by atoms with van der Waals surface area (Å²) in [6, 6.07) is 0. The number of alkyl halides is 39. The molecule has 63 heavy (non-hydrogen) atoms. The monoisotopic (exact) mass is 1050 g/mol. The van der Waals surface area contributed by atoms with Crippen molar-refractivity contribution in [1.29, 1.82) is 0 Å². The lowest BCUT2D eigenvalue weighted by molar-refractivity contribution is -0.470. The highest BCUT2D eigenvalue weighted by Gasteiger charge is 2.80. The quantitative estimate of drug-likeness (QED) is 0.227. The molecular formula is C21H13F39O3. The minimum Gasteiger partial charge on any atom is -0.296 e. The van der Waals surface area contributed by atoms with Crippen molar-refractivity contribution in [3.05, 3.63) is 0 Å². The van der Waals surface area contributed by atoms with Crippen LogP contribution in [0.4, 0.5) is 171 Å². The van der Waals surface area contributed by atoms with Crippen molar-refractivity contribution in [3.8, 4) is 0 Å². The zero-order valence-electron chi connectivity index (χ0n) is 28.1. The standard InChI is InChI=1S/C7HF15O.C4HF9.C4H4F6O.C3H2F6.C3H5F3O/c8-2(9,5(15,16)17)1(3(10,11)12)23-7(21,22)4(13,14)6(18,19)20;5-1(3(8,9)10)2(6,7)4(11,12)13;1-2(3(5,6)7)11-4(8,9)10;4-1-2(5,6)3(7,8)9;1-2-7-3(4,5)6/h1H;1H;2H,1H3;1H2;2H2,1H3. The number of halogens is 39. The first-order valence-corrected chi connectivity index (χ1v) is 13.2. The summed E-state index contributed by atoms with van der Waals surface area (Å²) >= 11 is 0. The van der Waals surface area contributed by atoms with Crippen molar-refractivity contribution < 1.29 is 185 Å². The van der Waals surface area contributed by atoms with Crippen LogP contribution in [0.25, 0.3) is 0 Å². The van der Waals surface area contributed by atoms with Crippen LogP contribution < -0.4 is 0 Å². The van der Waals surface area contributed by atoms with Gasteiger partial charge in [-0.2, -0.15) is 136 Å². The Balaban J connectivity index is -0.000000239. The normalized spacial score (nSPS) is 16.1. The first-order valence-electron chi connectivity index (χ1n) is 13.2. The first kappa shape index (κ1) is 69.2. The molecule has 0 aromatic heterocycles. The van der Waals surface area contributed by atoms with E-state index in [2.05, 4.69) is 9.47 Å². The molecule has 0 saturated carbocycles. The van der Waals surface area contributed by atoms with Crippen LogP contribution in [0.1, 0.15) is 13.8 Å². The second-order valence-corrected chi connectivity index (χ2v) is 9.74. The smallest absolute Gasteiger partial charge is 0.296 e. The van der Waals surface area contributed by atoms with Gasteiger partial charge in [0.15, 0.2) is 12.8 Å². The number of ether oxygens (including phenoxy) is 3. The fourth-order valence-corrected chi connectivity index (χ4v) is 1.74. The fourth-order valence-electron chi connectivity index (χ4n) is 1.74. The minimum atomic E-state index is -7.48. The SMILES string of the molecule is CC(OC(F)(F)F)C(F)(F)F.CCOC(F)(F)F.FC(C(F)(F)F)C(F)(F)C(F)(F)F.FC(F)(F)C(OC(F)(F)C(F)(F)C(F)(F)F)C(F)(F)C(F)(F)F.FCC(F)(F)C(F)(F)F. The predicted octanol–water partition coefficient (Wildman–Crippen LogP) is 14.2. The largest absolute Gasteiger partial charge is 0.523 e. The van der Waals surface area contributed by atoms with Crippen molar-refractivity contribution in [2.75, 3.05) is 13.3 Å². The van der Waals surface area contributed by atoms with Gasteiger partial charge in [-0.1, -0.05) is 0 Å². The molecule has 0 bridgehead atoms. The molecule has 0 rings (SSSR count). The Hall–Kier alpha value is -2.85. The van der Waals surface area contributed by atoms with Gasteiger partial charge in [-0.25, -0.2) is 8.78 Å². The van der Waals surface area contributed by atoms with Crippen molar-refractivity contribution in [3.63, 3.8) is 0 Å². The lowest BCUT2D eigenvalue weighted by atomic mass is 10.1. The highest BCUT2D eigenvalue weighted by atomic mass is 19.5. The molecule has 42 heteroatoms. The summed E-state index contributed by atoms with van der Waals surface area (Å²) in [7, 11) is 0. The van der Waals surface area contributed by atoms with Crippen LogP contribution in [-0.2, 0) is 14.2 Å². The molecule has 388 valence electrons. The third kappa shape index (κ3) is 24.3. The molecule has 0 aromatic carbocycles. The predicted molar refractivity (Wildman–Crippen MR) is 117 cm³/mol. The molecule has 0 aromatic rings. The van der Waals surface area contributed by atoms with Crippen molar-refractivity contribution >= 4 is 0 Å². The van der Waals surface area contributed by atoms with E-state index in [0.717, 1.165) is 0 Å². The van der Waals surface area contributed by atoms with Gasteiger partial charge in [-0.3, -0.25) is 14.2 Å². The molecule has 0 radical (unpaired) electrons.